The van der Waals surface area contributed by atoms with Crippen LogP contribution in [0.5, 0.6) is 11.5 Å². The third kappa shape index (κ3) is 7.54. The number of hydrogen-bond donors (Lipinski definition) is 0. The molecule has 0 heterocycles. The van der Waals surface area contributed by atoms with Crippen molar-refractivity contribution in [3.63, 3.8) is 0 Å². The van der Waals surface area contributed by atoms with Crippen LogP contribution in [0.15, 0.2) is 48.5 Å². The molecule has 27 heavy (non-hydrogen) atoms. The Morgan fingerprint density at radius 1 is 0.667 bits per heavy atom. The largest absolute Gasteiger partial charge is 0.497 e. The summed E-state index contributed by atoms with van der Waals surface area (Å²) in [6.07, 6.45) is 9.31. The number of anilines is 1. The quantitative estimate of drug-likeness (QED) is 0.378. The van der Waals surface area contributed by atoms with E-state index in [1.165, 1.54) is 56.2 Å². The van der Waals surface area contributed by atoms with E-state index in [2.05, 4.69) is 36.1 Å². The van der Waals surface area contributed by atoms with Gasteiger partial charge < -0.3 is 14.4 Å². The predicted molar refractivity (Wildman–Crippen MR) is 115 cm³/mol. The Balaban J connectivity index is 1.94. The standard InChI is InChI=1S/C24H35NO2/c1-4-5-6-7-8-9-10-19-25(22-13-17-24(27-3)18-14-22)20-21-11-15-23(26-2)16-12-21/h11-18H,4-10,19-20H2,1-3H3. The summed E-state index contributed by atoms with van der Waals surface area (Å²) in [6, 6.07) is 16.8. The van der Waals surface area contributed by atoms with Gasteiger partial charge in [0.25, 0.3) is 0 Å². The lowest BCUT2D eigenvalue weighted by molar-refractivity contribution is 0.414. The molecule has 3 heteroatoms. The molecule has 0 amide bonds. The van der Waals surface area contributed by atoms with Gasteiger partial charge in [-0.3, -0.25) is 0 Å². The van der Waals surface area contributed by atoms with Crippen LogP contribution in [-0.4, -0.2) is 20.8 Å². The van der Waals surface area contributed by atoms with Crippen molar-refractivity contribution < 1.29 is 9.47 Å². The molecule has 0 unspecified atom stereocenters. The maximum atomic E-state index is 5.31. The normalized spacial score (nSPS) is 10.6. The van der Waals surface area contributed by atoms with E-state index in [4.69, 9.17) is 9.47 Å². The van der Waals surface area contributed by atoms with Crippen molar-refractivity contribution in [3.8, 4) is 11.5 Å². The number of hydrogen-bond acceptors (Lipinski definition) is 3. The fraction of sp³-hybridized carbons (Fsp3) is 0.500. The SMILES string of the molecule is CCCCCCCCCN(Cc1ccc(OC)cc1)c1ccc(OC)cc1. The van der Waals surface area contributed by atoms with Crippen LogP contribution in [0.25, 0.3) is 0 Å². The summed E-state index contributed by atoms with van der Waals surface area (Å²) in [5.74, 6) is 1.81. The van der Waals surface area contributed by atoms with E-state index in [9.17, 15) is 0 Å². The molecule has 2 aromatic rings. The van der Waals surface area contributed by atoms with Crippen LogP contribution >= 0.6 is 0 Å². The molecule has 0 spiro atoms. The van der Waals surface area contributed by atoms with Crippen molar-refractivity contribution >= 4 is 5.69 Å². The highest BCUT2D eigenvalue weighted by Gasteiger charge is 2.08. The summed E-state index contributed by atoms with van der Waals surface area (Å²) in [5.41, 5.74) is 2.55. The van der Waals surface area contributed by atoms with E-state index in [-0.39, 0.29) is 0 Å². The van der Waals surface area contributed by atoms with Gasteiger partial charge in [0.05, 0.1) is 14.2 Å². The van der Waals surface area contributed by atoms with Gasteiger partial charge in [-0.15, -0.1) is 0 Å². The van der Waals surface area contributed by atoms with Crippen molar-refractivity contribution in [1.82, 2.24) is 0 Å². The Labute approximate surface area is 165 Å². The number of unbranched alkanes of at least 4 members (excludes halogenated alkanes) is 6. The highest BCUT2D eigenvalue weighted by atomic mass is 16.5. The van der Waals surface area contributed by atoms with Gasteiger partial charge in [0.15, 0.2) is 0 Å². The van der Waals surface area contributed by atoms with E-state index >= 15 is 0 Å². The molecule has 0 atom stereocenters. The third-order valence-corrected chi connectivity index (χ3v) is 5.00. The Hall–Kier alpha value is -2.16. The van der Waals surface area contributed by atoms with Gasteiger partial charge in [0.1, 0.15) is 11.5 Å². The van der Waals surface area contributed by atoms with E-state index in [1.807, 2.05) is 24.3 Å². The van der Waals surface area contributed by atoms with E-state index in [1.54, 1.807) is 14.2 Å². The van der Waals surface area contributed by atoms with E-state index < -0.39 is 0 Å². The Bertz CT molecular complexity index is 622. The zero-order valence-electron chi connectivity index (χ0n) is 17.2. The molecule has 0 aliphatic heterocycles. The molecule has 3 nitrogen and oxygen atoms in total. The van der Waals surface area contributed by atoms with Gasteiger partial charge >= 0.3 is 0 Å². The minimum Gasteiger partial charge on any atom is -0.497 e. The summed E-state index contributed by atoms with van der Waals surface area (Å²) in [6.45, 7) is 4.25. The topological polar surface area (TPSA) is 21.7 Å². The van der Waals surface area contributed by atoms with Crippen LogP contribution in [0.4, 0.5) is 5.69 Å². The van der Waals surface area contributed by atoms with Crippen LogP contribution in [0, 0.1) is 0 Å². The number of nitrogens with zero attached hydrogens (tertiary/aromatic N) is 1. The fourth-order valence-corrected chi connectivity index (χ4v) is 3.30. The van der Waals surface area contributed by atoms with Gasteiger partial charge in [-0.05, 0) is 48.4 Å². The first-order valence-electron chi connectivity index (χ1n) is 10.3. The van der Waals surface area contributed by atoms with Crippen molar-refractivity contribution in [3.05, 3.63) is 54.1 Å². The van der Waals surface area contributed by atoms with Crippen molar-refractivity contribution in [1.29, 1.82) is 0 Å². The van der Waals surface area contributed by atoms with E-state index in [0.29, 0.717) is 0 Å². The molecule has 0 fully saturated rings. The number of rotatable bonds is 13. The first-order valence-corrected chi connectivity index (χ1v) is 10.3. The minimum atomic E-state index is 0.902. The van der Waals surface area contributed by atoms with Crippen LogP contribution in [0.1, 0.15) is 57.4 Å². The number of methoxy groups -OCH3 is 2. The Morgan fingerprint density at radius 2 is 1.19 bits per heavy atom. The maximum absolute atomic E-state index is 5.31. The predicted octanol–water partition coefficient (Wildman–Crippen LogP) is 6.46. The van der Waals surface area contributed by atoms with Gasteiger partial charge in [0.2, 0.25) is 0 Å². The summed E-state index contributed by atoms with van der Waals surface area (Å²) in [7, 11) is 3.42. The highest BCUT2D eigenvalue weighted by molar-refractivity contribution is 5.49. The molecular weight excluding hydrogens is 334 g/mol. The molecule has 0 saturated heterocycles. The number of ether oxygens (including phenoxy) is 2. The average Bonchev–Trinajstić information content (AvgIpc) is 2.73. The Kier molecular flexibility index (Phi) is 9.61. The van der Waals surface area contributed by atoms with Crippen LogP contribution in [-0.2, 0) is 6.54 Å². The maximum Gasteiger partial charge on any atom is 0.119 e. The zero-order valence-corrected chi connectivity index (χ0v) is 17.2. The van der Waals surface area contributed by atoms with Gasteiger partial charge in [-0.25, -0.2) is 0 Å². The number of benzene rings is 2. The molecular formula is C24H35NO2. The molecule has 2 aromatic carbocycles. The second-order valence-corrected chi connectivity index (χ2v) is 7.09. The molecule has 0 bridgehead atoms. The van der Waals surface area contributed by atoms with E-state index in [0.717, 1.165) is 24.6 Å². The summed E-state index contributed by atoms with van der Waals surface area (Å²) in [4.78, 5) is 2.47. The van der Waals surface area contributed by atoms with Crippen molar-refractivity contribution in [2.24, 2.45) is 0 Å². The molecule has 0 radical (unpaired) electrons. The van der Waals surface area contributed by atoms with Crippen LogP contribution < -0.4 is 14.4 Å². The zero-order chi connectivity index (χ0) is 19.3. The summed E-state index contributed by atoms with van der Waals surface area (Å²) < 4.78 is 10.6. The third-order valence-electron chi connectivity index (χ3n) is 5.00. The molecule has 0 saturated carbocycles. The minimum absolute atomic E-state index is 0.902. The molecule has 0 aliphatic rings. The van der Waals surface area contributed by atoms with Crippen molar-refractivity contribution in [2.45, 2.75) is 58.4 Å². The first-order chi connectivity index (χ1) is 13.3. The second kappa shape index (κ2) is 12.3. The van der Waals surface area contributed by atoms with Gasteiger partial charge in [0, 0.05) is 18.8 Å². The fourth-order valence-electron chi connectivity index (χ4n) is 3.30. The van der Waals surface area contributed by atoms with Gasteiger partial charge in [-0.1, -0.05) is 57.6 Å². The lowest BCUT2D eigenvalue weighted by Crippen LogP contribution is -2.23. The molecule has 2 rings (SSSR count). The molecule has 0 aliphatic carbocycles. The monoisotopic (exact) mass is 369 g/mol. The molecule has 0 N–H and O–H groups in total. The van der Waals surface area contributed by atoms with Crippen LogP contribution in [0.2, 0.25) is 0 Å². The van der Waals surface area contributed by atoms with Gasteiger partial charge in [-0.2, -0.15) is 0 Å². The average molecular weight is 370 g/mol. The van der Waals surface area contributed by atoms with Crippen LogP contribution in [0.3, 0.4) is 0 Å². The first kappa shape index (κ1) is 21.1. The smallest absolute Gasteiger partial charge is 0.119 e. The lowest BCUT2D eigenvalue weighted by atomic mass is 10.1. The summed E-state index contributed by atoms with van der Waals surface area (Å²) >= 11 is 0. The summed E-state index contributed by atoms with van der Waals surface area (Å²) in [5, 5.41) is 0. The Morgan fingerprint density at radius 3 is 1.74 bits per heavy atom. The van der Waals surface area contributed by atoms with Crippen molar-refractivity contribution in [2.75, 3.05) is 25.7 Å². The molecule has 148 valence electrons. The highest BCUT2D eigenvalue weighted by Crippen LogP contribution is 2.23. The molecule has 0 aromatic heterocycles. The lowest BCUT2D eigenvalue weighted by Gasteiger charge is -2.25. The second-order valence-electron chi connectivity index (χ2n) is 7.09.